The molecule has 1 amide bonds. The zero-order chi connectivity index (χ0) is 17.7. The summed E-state index contributed by atoms with van der Waals surface area (Å²) in [5, 5.41) is 8.76. The first kappa shape index (κ1) is 20.9. The molecule has 0 aromatic heterocycles. The van der Waals surface area contributed by atoms with Crippen molar-refractivity contribution in [2.24, 2.45) is 4.99 Å². The van der Waals surface area contributed by atoms with Crippen LogP contribution in [0.25, 0.3) is 0 Å². The molecule has 0 heterocycles. The van der Waals surface area contributed by atoms with Crippen LogP contribution in [0.15, 0.2) is 11.1 Å². The number of carboxylic acids is 1. The number of carboxylic acid groups (broad SMARTS) is 1. The first-order valence-electron chi connectivity index (χ1n) is 6.50. The van der Waals surface area contributed by atoms with E-state index < -0.39 is 5.97 Å². The van der Waals surface area contributed by atoms with E-state index in [9.17, 15) is 9.59 Å². The van der Waals surface area contributed by atoms with E-state index >= 15 is 0 Å². The number of nitrogens with zero attached hydrogens (tertiary/aromatic N) is 3. The van der Waals surface area contributed by atoms with Gasteiger partial charge in [-0.05, 0) is 73.8 Å². The molecule has 1 rings (SSSR count). The fourth-order valence-corrected chi connectivity index (χ4v) is 5.73. The lowest BCUT2D eigenvalue weighted by Crippen LogP contribution is -2.30. The molecule has 0 bridgehead atoms. The van der Waals surface area contributed by atoms with Gasteiger partial charge in [-0.25, -0.2) is 4.99 Å². The lowest BCUT2D eigenvalue weighted by molar-refractivity contribution is -0.137. The maximum atomic E-state index is 12.7. The number of halogens is 3. The molecule has 0 fully saturated rings. The van der Waals surface area contributed by atoms with E-state index in [1.807, 2.05) is 25.1 Å². The van der Waals surface area contributed by atoms with Gasteiger partial charge in [0.05, 0.1) is 27.6 Å². The number of aliphatic carboxylic acids is 1. The SMILES string of the molecule is CN(C)C=Nc1c(I)cc(I)c(C(=O)N(C)CCC(=O)O)c1I. The Morgan fingerprint density at radius 3 is 2.35 bits per heavy atom. The molecule has 0 saturated carbocycles. The Kier molecular flexibility index (Phi) is 8.47. The van der Waals surface area contributed by atoms with E-state index in [0.29, 0.717) is 5.56 Å². The highest BCUT2D eigenvalue weighted by Gasteiger charge is 2.22. The molecular weight excluding hydrogens is 639 g/mol. The van der Waals surface area contributed by atoms with Crippen molar-refractivity contribution >= 4 is 91.7 Å². The Morgan fingerprint density at radius 2 is 1.83 bits per heavy atom. The van der Waals surface area contributed by atoms with Crippen LogP contribution in [0, 0.1) is 10.7 Å². The molecule has 1 aromatic carbocycles. The average molecular weight is 655 g/mol. The monoisotopic (exact) mass is 655 g/mol. The summed E-state index contributed by atoms with van der Waals surface area (Å²) in [5.74, 6) is -1.12. The zero-order valence-electron chi connectivity index (χ0n) is 12.8. The van der Waals surface area contributed by atoms with E-state index in [1.54, 1.807) is 13.4 Å². The molecule has 6 nitrogen and oxygen atoms in total. The van der Waals surface area contributed by atoms with Gasteiger partial charge in [-0.3, -0.25) is 9.59 Å². The molecule has 0 spiro atoms. The van der Waals surface area contributed by atoms with Gasteiger partial charge in [0.25, 0.3) is 5.91 Å². The predicted molar refractivity (Wildman–Crippen MR) is 116 cm³/mol. The summed E-state index contributed by atoms with van der Waals surface area (Å²) in [6, 6.07) is 1.91. The van der Waals surface area contributed by atoms with Crippen LogP contribution in [0.3, 0.4) is 0 Å². The van der Waals surface area contributed by atoms with Gasteiger partial charge in [0.1, 0.15) is 0 Å². The highest BCUT2D eigenvalue weighted by molar-refractivity contribution is 14.1. The fraction of sp³-hybridized carbons (Fsp3) is 0.357. The van der Waals surface area contributed by atoms with E-state index in [2.05, 4.69) is 72.8 Å². The molecule has 0 radical (unpaired) electrons. The van der Waals surface area contributed by atoms with Crippen LogP contribution in [0.4, 0.5) is 5.69 Å². The van der Waals surface area contributed by atoms with Crippen molar-refractivity contribution in [1.82, 2.24) is 9.80 Å². The number of carbonyl (C=O) groups excluding carboxylic acids is 1. The van der Waals surface area contributed by atoms with Crippen LogP contribution in [0.5, 0.6) is 0 Å². The number of hydrogen-bond donors (Lipinski definition) is 1. The van der Waals surface area contributed by atoms with Gasteiger partial charge < -0.3 is 14.9 Å². The highest BCUT2D eigenvalue weighted by Crippen LogP contribution is 2.34. The Bertz CT molecular complexity index is 648. The lowest BCUT2D eigenvalue weighted by atomic mass is 10.1. The topological polar surface area (TPSA) is 73.2 Å². The molecule has 9 heteroatoms. The molecule has 0 aliphatic rings. The molecule has 23 heavy (non-hydrogen) atoms. The minimum Gasteiger partial charge on any atom is -0.481 e. The molecule has 1 N–H and O–H groups in total. The summed E-state index contributed by atoms with van der Waals surface area (Å²) in [4.78, 5) is 31.0. The highest BCUT2D eigenvalue weighted by atomic mass is 127. The Balaban J connectivity index is 3.22. The van der Waals surface area contributed by atoms with Crippen molar-refractivity contribution in [2.45, 2.75) is 6.42 Å². The number of hydrogen-bond acceptors (Lipinski definition) is 3. The Morgan fingerprint density at radius 1 is 1.22 bits per heavy atom. The second-order valence-corrected chi connectivity index (χ2v) is 8.36. The van der Waals surface area contributed by atoms with Gasteiger partial charge in [-0.15, -0.1) is 0 Å². The van der Waals surface area contributed by atoms with Crippen LogP contribution in [-0.4, -0.2) is 60.8 Å². The molecule has 0 saturated heterocycles. The fourth-order valence-electron chi connectivity index (χ4n) is 1.62. The predicted octanol–water partition coefficient (Wildman–Crippen LogP) is 3.27. The third-order valence-corrected chi connectivity index (χ3v) is 5.51. The maximum Gasteiger partial charge on any atom is 0.305 e. The zero-order valence-corrected chi connectivity index (χ0v) is 19.3. The van der Waals surface area contributed by atoms with Crippen molar-refractivity contribution in [1.29, 1.82) is 0 Å². The number of carbonyl (C=O) groups is 2. The normalized spacial score (nSPS) is 10.9. The van der Waals surface area contributed by atoms with Crippen LogP contribution < -0.4 is 0 Å². The molecule has 0 aliphatic heterocycles. The second-order valence-electron chi connectivity index (χ2n) is 4.96. The largest absolute Gasteiger partial charge is 0.481 e. The van der Waals surface area contributed by atoms with Crippen LogP contribution in [0.2, 0.25) is 0 Å². The van der Waals surface area contributed by atoms with Gasteiger partial charge >= 0.3 is 5.97 Å². The average Bonchev–Trinajstić information content (AvgIpc) is 2.43. The van der Waals surface area contributed by atoms with Gasteiger partial charge in [-0.1, -0.05) is 0 Å². The van der Waals surface area contributed by atoms with Gasteiger partial charge in [0, 0.05) is 34.8 Å². The van der Waals surface area contributed by atoms with E-state index in [-0.39, 0.29) is 18.9 Å². The van der Waals surface area contributed by atoms with Crippen LogP contribution in [-0.2, 0) is 4.79 Å². The quantitative estimate of drug-likeness (QED) is 0.291. The Labute approximate surface area is 176 Å². The summed E-state index contributed by atoms with van der Waals surface area (Å²) in [7, 11) is 5.36. The first-order chi connectivity index (χ1) is 10.6. The van der Waals surface area contributed by atoms with E-state index in [0.717, 1.165) is 16.4 Å². The molecular formula is C14H16I3N3O3. The minimum absolute atomic E-state index is 0.0780. The summed E-state index contributed by atoms with van der Waals surface area (Å²) in [6.07, 6.45) is 1.61. The smallest absolute Gasteiger partial charge is 0.305 e. The van der Waals surface area contributed by atoms with Crippen molar-refractivity contribution in [3.63, 3.8) is 0 Å². The maximum absolute atomic E-state index is 12.7. The van der Waals surface area contributed by atoms with Gasteiger partial charge in [0.2, 0.25) is 0 Å². The third kappa shape index (κ3) is 5.99. The van der Waals surface area contributed by atoms with Gasteiger partial charge in [-0.2, -0.15) is 0 Å². The van der Waals surface area contributed by atoms with Gasteiger partial charge in [0.15, 0.2) is 0 Å². The van der Waals surface area contributed by atoms with Crippen molar-refractivity contribution < 1.29 is 14.7 Å². The minimum atomic E-state index is -0.923. The van der Waals surface area contributed by atoms with E-state index in [1.165, 1.54) is 4.90 Å². The first-order valence-corrected chi connectivity index (χ1v) is 9.74. The number of benzene rings is 1. The van der Waals surface area contributed by atoms with Crippen molar-refractivity contribution in [2.75, 3.05) is 27.7 Å². The molecule has 0 atom stereocenters. The number of rotatable bonds is 6. The van der Waals surface area contributed by atoms with E-state index in [4.69, 9.17) is 5.11 Å². The second kappa shape index (κ2) is 9.34. The van der Waals surface area contributed by atoms with Crippen LogP contribution >= 0.6 is 67.8 Å². The Hall–Kier alpha value is -0.180. The molecule has 0 unspecified atom stereocenters. The van der Waals surface area contributed by atoms with Crippen molar-refractivity contribution in [3.05, 3.63) is 22.3 Å². The summed E-state index contributed by atoms with van der Waals surface area (Å²) < 4.78 is 2.55. The van der Waals surface area contributed by atoms with Crippen LogP contribution in [0.1, 0.15) is 16.8 Å². The standard InChI is InChI=1S/C14H16I3N3O3/c1-19(2)7-18-13-9(16)6-8(15)11(12(13)17)14(23)20(3)5-4-10(21)22/h6-7H,4-5H2,1-3H3,(H,21,22). The number of amides is 1. The lowest BCUT2D eigenvalue weighted by Gasteiger charge is -2.19. The molecule has 126 valence electrons. The molecule has 1 aromatic rings. The van der Waals surface area contributed by atoms with Crippen molar-refractivity contribution in [3.8, 4) is 0 Å². The number of aliphatic imine (C=N–C) groups is 1. The third-order valence-electron chi connectivity index (χ3n) is 2.79. The summed E-state index contributed by atoms with van der Waals surface area (Å²) >= 11 is 6.45. The molecule has 0 aliphatic carbocycles. The summed E-state index contributed by atoms with van der Waals surface area (Å²) in [6.45, 7) is 0.169. The summed E-state index contributed by atoms with van der Waals surface area (Å²) in [5.41, 5.74) is 1.31.